The highest BCUT2D eigenvalue weighted by Crippen LogP contribution is 2.46. The number of hydrogen-bond donors (Lipinski definition) is 1. The Bertz CT molecular complexity index is 762. The normalized spacial score (nSPS) is 26.7. The molecule has 1 aromatic rings. The SMILES string of the molecule is Cc1ccc(C2C(C(=O)OCC(C)C)C(=O)CC(C)(O)C2C(=O)OCC(C)C)cc1. The summed E-state index contributed by atoms with van der Waals surface area (Å²) in [7, 11) is 0. The van der Waals surface area contributed by atoms with Gasteiger partial charge in [-0.05, 0) is 31.2 Å². The molecule has 0 spiro atoms. The van der Waals surface area contributed by atoms with Gasteiger partial charge in [0.25, 0.3) is 0 Å². The summed E-state index contributed by atoms with van der Waals surface area (Å²) >= 11 is 0. The number of carbonyl (C=O) groups is 3. The molecule has 0 radical (unpaired) electrons. The molecule has 2 rings (SSSR count). The molecule has 1 saturated carbocycles. The van der Waals surface area contributed by atoms with E-state index in [4.69, 9.17) is 9.47 Å². The van der Waals surface area contributed by atoms with Crippen LogP contribution >= 0.6 is 0 Å². The van der Waals surface area contributed by atoms with E-state index >= 15 is 0 Å². The highest BCUT2D eigenvalue weighted by Gasteiger charge is 2.57. The Hall–Kier alpha value is -2.21. The standard InChI is InChI=1S/C24H34O6/c1-14(2)12-29-22(26)20-18(25)11-24(6,28)21(23(27)30-13-15(3)4)19(20)17-9-7-16(5)8-10-17/h7-10,14-15,19-21,28H,11-13H2,1-6H3. The van der Waals surface area contributed by atoms with Crippen LogP contribution < -0.4 is 0 Å². The molecule has 0 heterocycles. The van der Waals surface area contributed by atoms with E-state index in [0.29, 0.717) is 5.56 Å². The van der Waals surface area contributed by atoms with Crippen molar-refractivity contribution in [2.75, 3.05) is 13.2 Å². The van der Waals surface area contributed by atoms with Crippen LogP contribution in [-0.2, 0) is 23.9 Å². The van der Waals surface area contributed by atoms with Crippen LogP contribution in [0.3, 0.4) is 0 Å². The van der Waals surface area contributed by atoms with Gasteiger partial charge in [-0.2, -0.15) is 0 Å². The lowest BCUT2D eigenvalue weighted by molar-refractivity contribution is -0.173. The minimum Gasteiger partial charge on any atom is -0.465 e. The second kappa shape index (κ2) is 9.73. The molecular formula is C24H34O6. The quantitative estimate of drug-likeness (QED) is 0.539. The van der Waals surface area contributed by atoms with Crippen LogP contribution in [0.25, 0.3) is 0 Å². The van der Waals surface area contributed by atoms with E-state index in [-0.39, 0.29) is 31.5 Å². The topological polar surface area (TPSA) is 89.9 Å². The summed E-state index contributed by atoms with van der Waals surface area (Å²) in [6, 6.07) is 7.30. The van der Waals surface area contributed by atoms with Crippen LogP contribution in [0, 0.1) is 30.6 Å². The monoisotopic (exact) mass is 418 g/mol. The third-order valence-electron chi connectivity index (χ3n) is 5.36. The average Bonchev–Trinajstić information content (AvgIpc) is 2.63. The number of benzene rings is 1. The van der Waals surface area contributed by atoms with Gasteiger partial charge in [0.05, 0.1) is 24.7 Å². The first-order valence-electron chi connectivity index (χ1n) is 10.6. The van der Waals surface area contributed by atoms with Gasteiger partial charge in [-0.1, -0.05) is 57.5 Å². The zero-order chi connectivity index (χ0) is 22.6. The number of rotatable bonds is 7. The fourth-order valence-corrected chi connectivity index (χ4v) is 3.88. The van der Waals surface area contributed by atoms with Gasteiger partial charge < -0.3 is 14.6 Å². The maximum atomic E-state index is 13.1. The molecule has 1 aliphatic rings. The zero-order valence-electron chi connectivity index (χ0n) is 18.8. The predicted octanol–water partition coefficient (Wildman–Crippen LogP) is 3.43. The summed E-state index contributed by atoms with van der Waals surface area (Å²) in [5, 5.41) is 11.1. The molecule has 4 atom stereocenters. The van der Waals surface area contributed by atoms with Crippen LogP contribution in [0.15, 0.2) is 24.3 Å². The molecule has 1 aliphatic carbocycles. The third kappa shape index (κ3) is 5.69. The van der Waals surface area contributed by atoms with E-state index in [1.165, 1.54) is 6.92 Å². The van der Waals surface area contributed by atoms with E-state index in [2.05, 4.69) is 0 Å². The molecule has 1 fully saturated rings. The van der Waals surface area contributed by atoms with Gasteiger partial charge in [-0.3, -0.25) is 14.4 Å². The van der Waals surface area contributed by atoms with Crippen molar-refractivity contribution in [2.24, 2.45) is 23.7 Å². The molecule has 30 heavy (non-hydrogen) atoms. The number of hydrogen-bond acceptors (Lipinski definition) is 6. The van der Waals surface area contributed by atoms with Gasteiger partial charge in [-0.25, -0.2) is 0 Å². The highest BCUT2D eigenvalue weighted by atomic mass is 16.5. The van der Waals surface area contributed by atoms with Crippen molar-refractivity contribution in [1.29, 1.82) is 0 Å². The van der Waals surface area contributed by atoms with Gasteiger partial charge in [-0.15, -0.1) is 0 Å². The summed E-state index contributed by atoms with van der Waals surface area (Å²) in [5.41, 5.74) is 0.00708. The molecule has 4 unspecified atom stereocenters. The van der Waals surface area contributed by atoms with Gasteiger partial charge >= 0.3 is 11.9 Å². The Morgan fingerprint density at radius 3 is 2.03 bits per heavy atom. The number of aliphatic hydroxyl groups is 1. The first kappa shape index (κ1) is 24.1. The van der Waals surface area contributed by atoms with E-state index in [1.807, 2.05) is 46.8 Å². The molecule has 1 N–H and O–H groups in total. The first-order chi connectivity index (χ1) is 13.9. The Labute approximate surface area is 179 Å². The molecule has 6 nitrogen and oxygen atoms in total. The van der Waals surface area contributed by atoms with Crippen molar-refractivity contribution in [3.63, 3.8) is 0 Å². The average molecular weight is 419 g/mol. The van der Waals surface area contributed by atoms with Gasteiger partial charge in [0, 0.05) is 12.3 Å². The van der Waals surface area contributed by atoms with Crippen LogP contribution in [0.1, 0.15) is 58.1 Å². The summed E-state index contributed by atoms with van der Waals surface area (Å²) < 4.78 is 10.8. The second-order valence-corrected chi connectivity index (χ2v) is 9.44. The highest BCUT2D eigenvalue weighted by molar-refractivity contribution is 6.02. The lowest BCUT2D eigenvalue weighted by Gasteiger charge is -2.43. The summed E-state index contributed by atoms with van der Waals surface area (Å²) in [6.45, 7) is 11.4. The minimum atomic E-state index is -1.63. The predicted molar refractivity (Wildman–Crippen MR) is 113 cm³/mol. The first-order valence-corrected chi connectivity index (χ1v) is 10.6. The summed E-state index contributed by atoms with van der Waals surface area (Å²) in [4.78, 5) is 39.0. The second-order valence-electron chi connectivity index (χ2n) is 9.44. The number of esters is 2. The molecule has 1 aromatic carbocycles. The molecule has 0 saturated heterocycles. The van der Waals surface area contributed by atoms with Crippen LogP contribution in [0.4, 0.5) is 0 Å². The van der Waals surface area contributed by atoms with E-state index in [9.17, 15) is 19.5 Å². The van der Waals surface area contributed by atoms with Crippen molar-refractivity contribution in [1.82, 2.24) is 0 Å². The molecule has 0 bridgehead atoms. The number of ketones is 1. The third-order valence-corrected chi connectivity index (χ3v) is 5.36. The molecule has 6 heteroatoms. The smallest absolute Gasteiger partial charge is 0.317 e. The largest absolute Gasteiger partial charge is 0.465 e. The lowest BCUT2D eigenvalue weighted by Crippen LogP contribution is -2.55. The van der Waals surface area contributed by atoms with Gasteiger partial charge in [0.2, 0.25) is 0 Å². The fourth-order valence-electron chi connectivity index (χ4n) is 3.88. The maximum absolute atomic E-state index is 13.1. The van der Waals surface area contributed by atoms with E-state index in [0.717, 1.165) is 5.56 Å². The Balaban J connectivity index is 2.51. The molecule has 0 amide bonds. The molecule has 0 aromatic heterocycles. The Morgan fingerprint density at radius 1 is 1.03 bits per heavy atom. The van der Waals surface area contributed by atoms with Crippen molar-refractivity contribution in [2.45, 2.75) is 59.5 Å². The fraction of sp³-hybridized carbons (Fsp3) is 0.625. The summed E-state index contributed by atoms with van der Waals surface area (Å²) in [5.74, 6) is -4.54. The lowest BCUT2D eigenvalue weighted by atomic mass is 9.61. The van der Waals surface area contributed by atoms with E-state index in [1.54, 1.807) is 12.1 Å². The Kier molecular flexibility index (Phi) is 7.81. The van der Waals surface area contributed by atoms with Crippen LogP contribution in [0.5, 0.6) is 0 Å². The van der Waals surface area contributed by atoms with Gasteiger partial charge in [0.15, 0.2) is 5.78 Å². The van der Waals surface area contributed by atoms with Crippen molar-refractivity contribution >= 4 is 17.7 Å². The molecule has 166 valence electrons. The number of carbonyl (C=O) groups excluding carboxylic acids is 3. The van der Waals surface area contributed by atoms with Crippen LogP contribution in [0.2, 0.25) is 0 Å². The van der Waals surface area contributed by atoms with Crippen molar-refractivity contribution in [3.05, 3.63) is 35.4 Å². The molecular weight excluding hydrogens is 384 g/mol. The Morgan fingerprint density at radius 2 is 1.53 bits per heavy atom. The molecule has 0 aliphatic heterocycles. The number of Topliss-reactive ketones (excluding diaryl/α,β-unsaturated/α-hetero) is 1. The zero-order valence-corrected chi connectivity index (χ0v) is 18.8. The number of ether oxygens (including phenoxy) is 2. The van der Waals surface area contributed by atoms with Crippen molar-refractivity contribution in [3.8, 4) is 0 Å². The minimum absolute atomic E-state index is 0.111. The van der Waals surface area contributed by atoms with Crippen molar-refractivity contribution < 1.29 is 29.0 Å². The van der Waals surface area contributed by atoms with E-state index < -0.39 is 41.1 Å². The van der Waals surface area contributed by atoms with Gasteiger partial charge in [0.1, 0.15) is 5.92 Å². The maximum Gasteiger partial charge on any atom is 0.317 e. The number of aryl methyl sites for hydroxylation is 1. The van der Waals surface area contributed by atoms with Crippen LogP contribution in [-0.4, -0.2) is 41.6 Å². The summed E-state index contributed by atoms with van der Waals surface area (Å²) in [6.07, 6.45) is -0.307.